The minimum absolute atomic E-state index is 0.256. The summed E-state index contributed by atoms with van der Waals surface area (Å²) in [6.07, 6.45) is 0.944. The Kier molecular flexibility index (Phi) is 4.62. The molecule has 0 atom stereocenters. The SMILES string of the molecule is CCc1ccccc1Nc1nc(Cl)nc2scc(-c3ccc(C)cc3)c12. The molecule has 0 bridgehead atoms. The number of anilines is 2. The second-order valence-electron chi connectivity index (χ2n) is 6.17. The van der Waals surface area contributed by atoms with Crippen LogP contribution in [-0.2, 0) is 6.42 Å². The summed E-state index contributed by atoms with van der Waals surface area (Å²) < 4.78 is 0. The average Bonchev–Trinajstić information content (AvgIpc) is 3.06. The Bertz CT molecular complexity index is 1070. The summed E-state index contributed by atoms with van der Waals surface area (Å²) >= 11 is 7.77. The molecule has 0 aliphatic rings. The van der Waals surface area contributed by atoms with E-state index in [9.17, 15) is 0 Å². The number of thiophene rings is 1. The largest absolute Gasteiger partial charge is 0.339 e. The number of para-hydroxylation sites is 1. The van der Waals surface area contributed by atoms with Gasteiger partial charge in [0.25, 0.3) is 0 Å². The van der Waals surface area contributed by atoms with E-state index in [1.165, 1.54) is 11.1 Å². The van der Waals surface area contributed by atoms with E-state index in [4.69, 9.17) is 11.6 Å². The van der Waals surface area contributed by atoms with Crippen LogP contribution in [0.2, 0.25) is 5.28 Å². The molecule has 0 spiro atoms. The third-order valence-electron chi connectivity index (χ3n) is 4.42. The zero-order valence-electron chi connectivity index (χ0n) is 14.6. The molecule has 0 aliphatic carbocycles. The van der Waals surface area contributed by atoms with E-state index < -0.39 is 0 Å². The van der Waals surface area contributed by atoms with Gasteiger partial charge in [-0.15, -0.1) is 11.3 Å². The first-order chi connectivity index (χ1) is 12.7. The van der Waals surface area contributed by atoms with Crippen LogP contribution in [0.1, 0.15) is 18.1 Å². The van der Waals surface area contributed by atoms with Crippen LogP contribution < -0.4 is 5.32 Å². The summed E-state index contributed by atoms with van der Waals surface area (Å²) in [5.41, 5.74) is 5.80. The van der Waals surface area contributed by atoms with E-state index in [1.54, 1.807) is 11.3 Å². The quantitative estimate of drug-likeness (QED) is 0.404. The summed E-state index contributed by atoms with van der Waals surface area (Å²) in [4.78, 5) is 9.80. The van der Waals surface area contributed by atoms with Gasteiger partial charge in [-0.2, -0.15) is 4.98 Å². The Hall–Kier alpha value is -2.43. The van der Waals surface area contributed by atoms with Crippen molar-refractivity contribution in [1.29, 1.82) is 0 Å². The van der Waals surface area contributed by atoms with Gasteiger partial charge in [0.15, 0.2) is 0 Å². The van der Waals surface area contributed by atoms with Gasteiger partial charge in [0, 0.05) is 16.6 Å². The molecule has 0 aliphatic heterocycles. The van der Waals surface area contributed by atoms with Crippen LogP contribution in [0.15, 0.2) is 53.9 Å². The minimum atomic E-state index is 0.256. The number of hydrogen-bond acceptors (Lipinski definition) is 4. The predicted molar refractivity (Wildman–Crippen MR) is 112 cm³/mol. The Balaban J connectivity index is 1.88. The molecule has 0 saturated carbocycles. The third-order valence-corrected chi connectivity index (χ3v) is 5.46. The van der Waals surface area contributed by atoms with E-state index in [2.05, 4.69) is 77.0 Å². The zero-order valence-corrected chi connectivity index (χ0v) is 16.2. The van der Waals surface area contributed by atoms with Gasteiger partial charge in [0.05, 0.1) is 5.39 Å². The van der Waals surface area contributed by atoms with Gasteiger partial charge in [0.2, 0.25) is 5.28 Å². The molecule has 0 unspecified atom stereocenters. The summed E-state index contributed by atoms with van der Waals surface area (Å²) in [5.74, 6) is 0.748. The molecule has 4 rings (SSSR count). The Labute approximate surface area is 161 Å². The highest BCUT2D eigenvalue weighted by molar-refractivity contribution is 7.17. The molecule has 0 fully saturated rings. The number of fused-ring (bicyclic) bond motifs is 1. The molecular weight excluding hydrogens is 362 g/mol. The molecule has 5 heteroatoms. The van der Waals surface area contributed by atoms with Crippen molar-refractivity contribution in [3.05, 3.63) is 70.3 Å². The van der Waals surface area contributed by atoms with Gasteiger partial charge in [-0.25, -0.2) is 4.98 Å². The van der Waals surface area contributed by atoms with Crippen LogP contribution >= 0.6 is 22.9 Å². The van der Waals surface area contributed by atoms with Gasteiger partial charge < -0.3 is 5.32 Å². The molecular formula is C21H18ClN3S. The van der Waals surface area contributed by atoms with Crippen molar-refractivity contribution in [3.8, 4) is 11.1 Å². The number of nitrogens with one attached hydrogen (secondary N) is 1. The van der Waals surface area contributed by atoms with Gasteiger partial charge in [-0.1, -0.05) is 55.0 Å². The summed E-state index contributed by atoms with van der Waals surface area (Å²) in [5, 5.41) is 6.87. The van der Waals surface area contributed by atoms with Crippen LogP contribution in [0.4, 0.5) is 11.5 Å². The summed E-state index contributed by atoms with van der Waals surface area (Å²) in [6.45, 7) is 4.23. The highest BCUT2D eigenvalue weighted by Crippen LogP contribution is 2.38. The Morgan fingerprint density at radius 1 is 1.04 bits per heavy atom. The third kappa shape index (κ3) is 3.18. The molecule has 2 aromatic carbocycles. The van der Waals surface area contributed by atoms with E-state index >= 15 is 0 Å². The Morgan fingerprint density at radius 3 is 2.58 bits per heavy atom. The maximum atomic E-state index is 6.18. The van der Waals surface area contributed by atoms with Gasteiger partial charge in [-0.3, -0.25) is 0 Å². The van der Waals surface area contributed by atoms with Crippen molar-refractivity contribution in [2.75, 3.05) is 5.32 Å². The number of nitrogens with zero attached hydrogens (tertiary/aromatic N) is 2. The Morgan fingerprint density at radius 2 is 1.81 bits per heavy atom. The number of hydrogen-bond donors (Lipinski definition) is 1. The highest BCUT2D eigenvalue weighted by Gasteiger charge is 2.16. The van der Waals surface area contributed by atoms with Crippen LogP contribution in [0.25, 0.3) is 21.3 Å². The molecule has 0 saturated heterocycles. The molecule has 4 aromatic rings. The van der Waals surface area contributed by atoms with E-state index in [-0.39, 0.29) is 5.28 Å². The van der Waals surface area contributed by atoms with Crippen molar-refractivity contribution in [2.45, 2.75) is 20.3 Å². The molecule has 0 radical (unpaired) electrons. The first kappa shape index (κ1) is 17.0. The number of halogens is 1. The van der Waals surface area contributed by atoms with Crippen LogP contribution in [0.5, 0.6) is 0 Å². The fraction of sp³-hybridized carbons (Fsp3) is 0.143. The summed E-state index contributed by atoms with van der Waals surface area (Å²) in [7, 11) is 0. The zero-order chi connectivity index (χ0) is 18.1. The van der Waals surface area contributed by atoms with Gasteiger partial charge >= 0.3 is 0 Å². The topological polar surface area (TPSA) is 37.8 Å². The smallest absolute Gasteiger partial charge is 0.225 e. The molecule has 2 heterocycles. The predicted octanol–water partition coefficient (Wildman–Crippen LogP) is 6.63. The maximum absolute atomic E-state index is 6.18. The number of benzene rings is 2. The molecule has 26 heavy (non-hydrogen) atoms. The fourth-order valence-corrected chi connectivity index (χ4v) is 4.20. The lowest BCUT2D eigenvalue weighted by molar-refractivity contribution is 1.14. The van der Waals surface area contributed by atoms with Gasteiger partial charge in [0.1, 0.15) is 10.6 Å². The second kappa shape index (κ2) is 7.06. The second-order valence-corrected chi connectivity index (χ2v) is 7.37. The van der Waals surface area contributed by atoms with E-state index in [0.717, 1.165) is 39.3 Å². The summed E-state index contributed by atoms with van der Waals surface area (Å²) in [6, 6.07) is 16.8. The molecule has 0 amide bonds. The van der Waals surface area contributed by atoms with Crippen LogP contribution in [-0.4, -0.2) is 9.97 Å². The van der Waals surface area contributed by atoms with Crippen LogP contribution in [0, 0.1) is 6.92 Å². The maximum Gasteiger partial charge on any atom is 0.225 e. The lowest BCUT2D eigenvalue weighted by Crippen LogP contribution is -1.99. The van der Waals surface area contributed by atoms with Crippen molar-refractivity contribution < 1.29 is 0 Å². The van der Waals surface area contributed by atoms with Crippen molar-refractivity contribution in [1.82, 2.24) is 9.97 Å². The average molecular weight is 380 g/mol. The van der Waals surface area contributed by atoms with E-state index in [0.29, 0.717) is 0 Å². The molecule has 1 N–H and O–H groups in total. The molecule has 130 valence electrons. The number of aryl methyl sites for hydroxylation is 2. The first-order valence-corrected chi connectivity index (χ1v) is 9.78. The van der Waals surface area contributed by atoms with E-state index in [1.807, 2.05) is 6.07 Å². The van der Waals surface area contributed by atoms with Crippen molar-refractivity contribution in [2.24, 2.45) is 0 Å². The van der Waals surface area contributed by atoms with Crippen molar-refractivity contribution in [3.63, 3.8) is 0 Å². The highest BCUT2D eigenvalue weighted by atomic mass is 35.5. The minimum Gasteiger partial charge on any atom is -0.339 e. The van der Waals surface area contributed by atoms with Gasteiger partial charge in [-0.05, 0) is 42.1 Å². The first-order valence-electron chi connectivity index (χ1n) is 8.52. The van der Waals surface area contributed by atoms with Crippen LogP contribution in [0.3, 0.4) is 0 Å². The lowest BCUT2D eigenvalue weighted by atomic mass is 10.0. The monoisotopic (exact) mass is 379 g/mol. The number of aromatic nitrogens is 2. The van der Waals surface area contributed by atoms with Crippen molar-refractivity contribution >= 4 is 44.7 Å². The normalized spacial score (nSPS) is 11.0. The molecule has 3 nitrogen and oxygen atoms in total. The lowest BCUT2D eigenvalue weighted by Gasteiger charge is -2.12. The molecule has 2 aromatic heterocycles. The number of rotatable bonds is 4. The fourth-order valence-electron chi connectivity index (χ4n) is 3.03. The standard InChI is InChI=1S/C21H18ClN3S/c1-3-14-6-4-5-7-17(14)23-19-18-16(15-10-8-13(2)9-11-15)12-26-20(18)25-21(22)24-19/h4-12H,3H2,1-2H3,(H,23,24,25).